The van der Waals surface area contributed by atoms with Crippen molar-refractivity contribution in [2.45, 2.75) is 52.0 Å². The summed E-state index contributed by atoms with van der Waals surface area (Å²) in [6.07, 6.45) is -1.88. The molecule has 6 heteroatoms. The highest BCUT2D eigenvalue weighted by Crippen LogP contribution is 2.08. The maximum Gasteiger partial charge on any atom is 0.408 e. The summed E-state index contributed by atoms with van der Waals surface area (Å²) in [5.41, 5.74) is 0.124. The lowest BCUT2D eigenvalue weighted by molar-refractivity contribution is -0.150. The molecule has 2 atom stereocenters. The number of rotatable bonds is 5. The molecule has 0 saturated carbocycles. The number of carbonyl (C=O) groups excluding carboxylic acids is 2. The van der Waals surface area contributed by atoms with Crippen molar-refractivity contribution in [1.82, 2.24) is 5.32 Å². The highest BCUT2D eigenvalue weighted by atomic mass is 16.6. The first-order chi connectivity index (χ1) is 10.2. The van der Waals surface area contributed by atoms with Crippen LogP contribution in [0.5, 0.6) is 0 Å². The van der Waals surface area contributed by atoms with E-state index in [2.05, 4.69) is 5.32 Å². The zero-order valence-electron chi connectivity index (χ0n) is 13.3. The van der Waals surface area contributed by atoms with Crippen molar-refractivity contribution >= 4 is 12.1 Å². The van der Waals surface area contributed by atoms with Gasteiger partial charge in [0.25, 0.3) is 0 Å². The van der Waals surface area contributed by atoms with Crippen molar-refractivity contribution in [2.75, 3.05) is 0 Å². The summed E-state index contributed by atoms with van der Waals surface area (Å²) in [4.78, 5) is 23.7. The van der Waals surface area contributed by atoms with Gasteiger partial charge < -0.3 is 19.9 Å². The molecule has 0 heterocycles. The molecule has 0 unspecified atom stereocenters. The van der Waals surface area contributed by atoms with Crippen LogP contribution in [0.3, 0.4) is 0 Å². The summed E-state index contributed by atoms with van der Waals surface area (Å²) in [6, 6.07) is 7.95. The van der Waals surface area contributed by atoms with Gasteiger partial charge in [-0.2, -0.15) is 0 Å². The number of hydrogen-bond donors (Lipinski definition) is 2. The number of aliphatic hydroxyl groups is 1. The fraction of sp³-hybridized carbons (Fsp3) is 0.500. The molecule has 1 aromatic rings. The predicted molar refractivity (Wildman–Crippen MR) is 81.1 cm³/mol. The fourth-order valence-corrected chi connectivity index (χ4v) is 1.63. The number of alkyl carbamates (subject to hydrolysis) is 1. The van der Waals surface area contributed by atoms with E-state index in [-0.39, 0.29) is 6.61 Å². The van der Waals surface area contributed by atoms with E-state index >= 15 is 0 Å². The third-order valence-electron chi connectivity index (χ3n) is 2.63. The van der Waals surface area contributed by atoms with E-state index in [1.807, 2.05) is 30.3 Å². The summed E-state index contributed by atoms with van der Waals surface area (Å²) in [6.45, 7) is 6.58. The number of nitrogens with one attached hydrogen (secondary N) is 1. The van der Waals surface area contributed by atoms with Gasteiger partial charge in [-0.05, 0) is 33.3 Å². The number of carbonyl (C=O) groups is 2. The number of amides is 1. The zero-order valence-corrected chi connectivity index (χ0v) is 13.3. The average molecular weight is 309 g/mol. The Morgan fingerprint density at radius 3 is 2.32 bits per heavy atom. The minimum atomic E-state index is -1.18. The summed E-state index contributed by atoms with van der Waals surface area (Å²) < 4.78 is 10.2. The molecule has 6 nitrogen and oxygen atoms in total. The molecule has 0 bridgehead atoms. The van der Waals surface area contributed by atoms with Crippen molar-refractivity contribution < 1.29 is 24.2 Å². The van der Waals surface area contributed by atoms with Crippen LogP contribution in [0.25, 0.3) is 0 Å². The smallest absolute Gasteiger partial charge is 0.408 e. The zero-order chi connectivity index (χ0) is 16.8. The molecule has 0 aliphatic heterocycles. The standard InChI is InChI=1S/C16H23NO5/c1-11(18)13(17-15(20)22-16(2,3)4)14(19)21-10-12-8-6-5-7-9-12/h5-9,11,13,18H,10H2,1-4H3,(H,17,20)/t11-,13+/m0/s1. The van der Waals surface area contributed by atoms with Crippen molar-refractivity contribution in [3.8, 4) is 0 Å². The minimum Gasteiger partial charge on any atom is -0.459 e. The Kier molecular flexibility index (Phi) is 6.37. The summed E-state index contributed by atoms with van der Waals surface area (Å²) >= 11 is 0. The molecule has 122 valence electrons. The van der Waals surface area contributed by atoms with Gasteiger partial charge in [0.15, 0.2) is 6.04 Å². The molecular weight excluding hydrogens is 286 g/mol. The number of aliphatic hydroxyl groups excluding tert-OH is 1. The van der Waals surface area contributed by atoms with Gasteiger partial charge in [0.2, 0.25) is 0 Å². The Hall–Kier alpha value is -2.08. The van der Waals surface area contributed by atoms with Crippen molar-refractivity contribution in [3.05, 3.63) is 35.9 Å². The SMILES string of the molecule is C[C@H](O)[C@@H](NC(=O)OC(C)(C)C)C(=O)OCc1ccccc1. The molecule has 1 amide bonds. The highest BCUT2D eigenvalue weighted by Gasteiger charge is 2.29. The third kappa shape index (κ3) is 6.58. The summed E-state index contributed by atoms with van der Waals surface area (Å²) in [7, 11) is 0. The number of benzene rings is 1. The molecular formula is C16H23NO5. The van der Waals surface area contributed by atoms with Gasteiger partial charge in [0.05, 0.1) is 6.10 Å². The molecule has 0 fully saturated rings. The van der Waals surface area contributed by atoms with Crippen LogP contribution in [0.2, 0.25) is 0 Å². The Morgan fingerprint density at radius 2 is 1.82 bits per heavy atom. The van der Waals surface area contributed by atoms with Gasteiger partial charge in [0, 0.05) is 0 Å². The number of hydrogen-bond acceptors (Lipinski definition) is 5. The maximum atomic E-state index is 12.0. The third-order valence-corrected chi connectivity index (χ3v) is 2.63. The second kappa shape index (κ2) is 7.79. The van der Waals surface area contributed by atoms with Crippen molar-refractivity contribution in [2.24, 2.45) is 0 Å². The van der Waals surface area contributed by atoms with E-state index in [0.717, 1.165) is 5.56 Å². The van der Waals surface area contributed by atoms with Gasteiger partial charge in [-0.1, -0.05) is 30.3 Å². The first-order valence-corrected chi connectivity index (χ1v) is 7.07. The highest BCUT2D eigenvalue weighted by molar-refractivity contribution is 5.82. The topological polar surface area (TPSA) is 84.9 Å². The van der Waals surface area contributed by atoms with Gasteiger partial charge in [-0.3, -0.25) is 0 Å². The second-order valence-corrected chi connectivity index (χ2v) is 5.96. The Bertz CT molecular complexity index is 493. The van der Waals surface area contributed by atoms with E-state index in [0.29, 0.717) is 0 Å². The monoisotopic (exact) mass is 309 g/mol. The lowest BCUT2D eigenvalue weighted by Crippen LogP contribution is -2.49. The van der Waals surface area contributed by atoms with Crippen molar-refractivity contribution in [3.63, 3.8) is 0 Å². The van der Waals surface area contributed by atoms with Crippen LogP contribution in [0.1, 0.15) is 33.3 Å². The molecule has 0 aromatic heterocycles. The second-order valence-electron chi connectivity index (χ2n) is 5.96. The largest absolute Gasteiger partial charge is 0.459 e. The molecule has 0 aliphatic rings. The first kappa shape index (κ1) is 18.0. The predicted octanol–water partition coefficient (Wildman–Crippen LogP) is 2.00. The quantitative estimate of drug-likeness (QED) is 0.813. The van der Waals surface area contributed by atoms with Crippen LogP contribution in [-0.2, 0) is 20.9 Å². The van der Waals surface area contributed by atoms with Gasteiger partial charge in [-0.15, -0.1) is 0 Å². The van der Waals surface area contributed by atoms with Gasteiger partial charge in [-0.25, -0.2) is 9.59 Å². The molecule has 22 heavy (non-hydrogen) atoms. The van der Waals surface area contributed by atoms with Crippen LogP contribution in [0, 0.1) is 0 Å². The molecule has 1 aromatic carbocycles. The summed E-state index contributed by atoms with van der Waals surface area (Å²) in [5.74, 6) is -0.718. The number of esters is 1. The van der Waals surface area contributed by atoms with Crippen LogP contribution < -0.4 is 5.32 Å². The van der Waals surface area contributed by atoms with E-state index in [4.69, 9.17) is 9.47 Å². The Labute approximate surface area is 130 Å². The molecule has 0 aliphatic carbocycles. The van der Waals surface area contributed by atoms with E-state index in [9.17, 15) is 14.7 Å². The molecule has 0 saturated heterocycles. The normalized spacial score (nSPS) is 13.9. The molecule has 0 radical (unpaired) electrons. The molecule has 1 rings (SSSR count). The van der Waals surface area contributed by atoms with E-state index < -0.39 is 29.8 Å². The Balaban J connectivity index is 2.58. The lowest BCUT2D eigenvalue weighted by atomic mass is 10.2. The average Bonchev–Trinajstić information content (AvgIpc) is 2.41. The van der Waals surface area contributed by atoms with Crippen LogP contribution in [-0.4, -0.2) is 34.9 Å². The van der Waals surface area contributed by atoms with E-state index in [1.54, 1.807) is 20.8 Å². The van der Waals surface area contributed by atoms with Crippen molar-refractivity contribution in [1.29, 1.82) is 0 Å². The number of ether oxygens (including phenoxy) is 2. The minimum absolute atomic E-state index is 0.0683. The first-order valence-electron chi connectivity index (χ1n) is 7.07. The lowest BCUT2D eigenvalue weighted by Gasteiger charge is -2.24. The Morgan fingerprint density at radius 1 is 1.23 bits per heavy atom. The van der Waals surface area contributed by atoms with Crippen LogP contribution in [0.15, 0.2) is 30.3 Å². The van der Waals surface area contributed by atoms with Crippen LogP contribution in [0.4, 0.5) is 4.79 Å². The molecule has 0 spiro atoms. The summed E-state index contributed by atoms with van der Waals surface area (Å²) in [5, 5.41) is 12.0. The molecule has 2 N–H and O–H groups in total. The van der Waals surface area contributed by atoms with Gasteiger partial charge >= 0.3 is 12.1 Å². The van der Waals surface area contributed by atoms with Gasteiger partial charge in [0.1, 0.15) is 12.2 Å². The fourth-order valence-electron chi connectivity index (χ4n) is 1.63. The maximum absolute atomic E-state index is 12.0. The van der Waals surface area contributed by atoms with Crippen LogP contribution >= 0.6 is 0 Å². The van der Waals surface area contributed by atoms with E-state index in [1.165, 1.54) is 6.92 Å².